The lowest BCUT2D eigenvalue weighted by Crippen LogP contribution is -1.99. The Morgan fingerprint density at radius 2 is 2.33 bits per heavy atom. The van der Waals surface area contributed by atoms with Crippen molar-refractivity contribution in [3.63, 3.8) is 0 Å². The number of ketones is 1. The Morgan fingerprint density at radius 1 is 1.58 bits per heavy atom. The third kappa shape index (κ3) is 2.19. The largest absolute Gasteiger partial charge is 0.469 e. The van der Waals surface area contributed by atoms with Crippen molar-refractivity contribution >= 4 is 11.8 Å². The van der Waals surface area contributed by atoms with Crippen LogP contribution in [0.2, 0.25) is 0 Å². The van der Waals surface area contributed by atoms with Crippen LogP contribution in [0.3, 0.4) is 0 Å². The summed E-state index contributed by atoms with van der Waals surface area (Å²) in [7, 11) is 1.34. The maximum atomic E-state index is 11.1. The first kappa shape index (κ1) is 8.97. The van der Waals surface area contributed by atoms with Gasteiger partial charge < -0.3 is 4.74 Å². The zero-order valence-electron chi connectivity index (χ0n) is 7.13. The van der Waals surface area contributed by atoms with Crippen molar-refractivity contribution < 1.29 is 14.3 Å². The molecular weight excluding hydrogens is 156 g/mol. The highest BCUT2D eigenvalue weighted by Gasteiger charge is 2.16. The molecule has 0 radical (unpaired) electrons. The predicted octanol–water partition coefficient (Wildman–Crippen LogP) is 1.23. The number of carbonyl (C=O) groups excluding carboxylic acids is 2. The van der Waals surface area contributed by atoms with E-state index < -0.39 is 0 Å². The number of hydrogen-bond acceptors (Lipinski definition) is 3. The molecule has 66 valence electrons. The molecule has 0 atom stereocenters. The fraction of sp³-hybridized carbons (Fsp3) is 0.556. The van der Waals surface area contributed by atoms with Gasteiger partial charge in [-0.1, -0.05) is 6.08 Å². The van der Waals surface area contributed by atoms with Crippen LogP contribution in [0.1, 0.15) is 25.7 Å². The van der Waals surface area contributed by atoms with Crippen molar-refractivity contribution in [2.75, 3.05) is 7.11 Å². The average Bonchev–Trinajstić information content (AvgIpc) is 2.47. The van der Waals surface area contributed by atoms with Crippen LogP contribution in [-0.2, 0) is 14.3 Å². The van der Waals surface area contributed by atoms with Crippen molar-refractivity contribution in [1.82, 2.24) is 0 Å². The van der Waals surface area contributed by atoms with Gasteiger partial charge in [0.05, 0.1) is 13.5 Å². The van der Waals surface area contributed by atoms with E-state index in [2.05, 4.69) is 4.74 Å². The summed E-state index contributed by atoms with van der Waals surface area (Å²) in [5.41, 5.74) is 0.792. The van der Waals surface area contributed by atoms with Crippen molar-refractivity contribution in [1.29, 1.82) is 0 Å². The molecular formula is C9H12O3. The molecule has 0 N–H and O–H groups in total. The lowest BCUT2D eigenvalue weighted by Gasteiger charge is -1.94. The lowest BCUT2D eigenvalue weighted by molar-refractivity contribution is -0.139. The van der Waals surface area contributed by atoms with Gasteiger partial charge in [0.2, 0.25) is 0 Å². The molecule has 12 heavy (non-hydrogen) atoms. The summed E-state index contributed by atoms with van der Waals surface area (Å²) in [6.07, 6.45) is 4.27. The number of Topliss-reactive ketones (excluding diaryl/α,β-unsaturated/α-hetero) is 1. The van der Waals surface area contributed by atoms with E-state index in [1.54, 1.807) is 6.08 Å². The Hall–Kier alpha value is -1.12. The van der Waals surface area contributed by atoms with Gasteiger partial charge in [-0.05, 0) is 18.4 Å². The predicted molar refractivity (Wildman–Crippen MR) is 43.6 cm³/mol. The Balaban J connectivity index is 2.46. The zero-order chi connectivity index (χ0) is 8.97. The minimum Gasteiger partial charge on any atom is -0.469 e. The molecule has 0 amide bonds. The molecule has 0 aromatic heterocycles. The quantitative estimate of drug-likeness (QED) is 0.460. The van der Waals surface area contributed by atoms with Gasteiger partial charge in [0.15, 0.2) is 5.78 Å². The van der Waals surface area contributed by atoms with Gasteiger partial charge in [-0.2, -0.15) is 0 Å². The summed E-state index contributed by atoms with van der Waals surface area (Å²) in [6, 6.07) is 0. The SMILES string of the molecule is COC(=O)C/C=C1/CCCC1=O. The highest BCUT2D eigenvalue weighted by atomic mass is 16.5. The van der Waals surface area contributed by atoms with Gasteiger partial charge in [-0.3, -0.25) is 9.59 Å². The zero-order valence-corrected chi connectivity index (χ0v) is 7.13. The van der Waals surface area contributed by atoms with Gasteiger partial charge >= 0.3 is 5.97 Å². The summed E-state index contributed by atoms with van der Waals surface area (Å²) < 4.78 is 4.45. The number of allylic oxidation sites excluding steroid dienone is 1. The van der Waals surface area contributed by atoms with E-state index in [0.29, 0.717) is 6.42 Å². The van der Waals surface area contributed by atoms with E-state index >= 15 is 0 Å². The first-order chi connectivity index (χ1) is 5.74. The number of esters is 1. The molecule has 3 nitrogen and oxygen atoms in total. The molecule has 0 saturated heterocycles. The minimum atomic E-state index is -0.290. The Labute approximate surface area is 71.4 Å². The summed E-state index contributed by atoms with van der Waals surface area (Å²) in [5.74, 6) is -0.110. The van der Waals surface area contributed by atoms with Crippen LogP contribution in [0.4, 0.5) is 0 Å². The minimum absolute atomic E-state index is 0.180. The van der Waals surface area contributed by atoms with Crippen molar-refractivity contribution in [2.45, 2.75) is 25.7 Å². The van der Waals surface area contributed by atoms with Crippen LogP contribution < -0.4 is 0 Å². The van der Waals surface area contributed by atoms with Crippen LogP contribution in [0, 0.1) is 0 Å². The summed E-state index contributed by atoms with van der Waals surface area (Å²) in [6.45, 7) is 0. The van der Waals surface area contributed by atoms with Crippen LogP contribution in [0.15, 0.2) is 11.6 Å². The van der Waals surface area contributed by atoms with Crippen LogP contribution >= 0.6 is 0 Å². The Bertz CT molecular complexity index is 228. The third-order valence-corrected chi connectivity index (χ3v) is 1.95. The van der Waals surface area contributed by atoms with E-state index in [-0.39, 0.29) is 18.2 Å². The molecule has 0 aliphatic heterocycles. The molecule has 0 unspecified atom stereocenters. The summed E-state index contributed by atoms with van der Waals surface area (Å²) >= 11 is 0. The molecule has 1 rings (SSSR count). The van der Waals surface area contributed by atoms with E-state index in [0.717, 1.165) is 18.4 Å². The average molecular weight is 168 g/mol. The van der Waals surface area contributed by atoms with Gasteiger partial charge in [0.1, 0.15) is 0 Å². The maximum absolute atomic E-state index is 11.1. The molecule has 0 bridgehead atoms. The highest BCUT2D eigenvalue weighted by molar-refractivity contribution is 5.97. The number of rotatable bonds is 2. The maximum Gasteiger partial charge on any atom is 0.309 e. The first-order valence-corrected chi connectivity index (χ1v) is 4.03. The van der Waals surface area contributed by atoms with Crippen molar-refractivity contribution in [2.24, 2.45) is 0 Å². The number of ether oxygens (including phenoxy) is 1. The fourth-order valence-electron chi connectivity index (χ4n) is 1.25. The van der Waals surface area contributed by atoms with Crippen molar-refractivity contribution in [3.05, 3.63) is 11.6 Å². The Morgan fingerprint density at radius 3 is 2.83 bits per heavy atom. The van der Waals surface area contributed by atoms with E-state index in [1.807, 2.05) is 0 Å². The second-order valence-electron chi connectivity index (χ2n) is 2.79. The monoisotopic (exact) mass is 168 g/mol. The third-order valence-electron chi connectivity index (χ3n) is 1.95. The Kier molecular flexibility index (Phi) is 3.02. The summed E-state index contributed by atoms with van der Waals surface area (Å²) in [5, 5.41) is 0. The normalized spacial score (nSPS) is 20.1. The van der Waals surface area contributed by atoms with Crippen LogP contribution in [-0.4, -0.2) is 18.9 Å². The standard InChI is InChI=1S/C9H12O3/c1-12-9(11)6-5-7-3-2-4-8(7)10/h5H,2-4,6H2,1H3/b7-5-. The van der Waals surface area contributed by atoms with E-state index in [4.69, 9.17) is 0 Å². The molecule has 0 spiro atoms. The number of hydrogen-bond donors (Lipinski definition) is 0. The molecule has 1 aliphatic rings. The molecule has 1 saturated carbocycles. The van der Waals surface area contributed by atoms with Gasteiger partial charge in [-0.25, -0.2) is 0 Å². The molecule has 1 fully saturated rings. The van der Waals surface area contributed by atoms with Gasteiger partial charge in [0.25, 0.3) is 0 Å². The highest BCUT2D eigenvalue weighted by Crippen LogP contribution is 2.20. The van der Waals surface area contributed by atoms with E-state index in [9.17, 15) is 9.59 Å². The first-order valence-electron chi connectivity index (χ1n) is 4.03. The second-order valence-corrected chi connectivity index (χ2v) is 2.79. The van der Waals surface area contributed by atoms with E-state index in [1.165, 1.54) is 7.11 Å². The topological polar surface area (TPSA) is 43.4 Å². The fourth-order valence-corrected chi connectivity index (χ4v) is 1.25. The molecule has 0 heterocycles. The van der Waals surface area contributed by atoms with Gasteiger partial charge in [0, 0.05) is 6.42 Å². The van der Waals surface area contributed by atoms with Crippen LogP contribution in [0.5, 0.6) is 0 Å². The van der Waals surface area contributed by atoms with Crippen molar-refractivity contribution in [3.8, 4) is 0 Å². The summed E-state index contributed by atoms with van der Waals surface area (Å²) in [4.78, 5) is 21.8. The second kappa shape index (κ2) is 4.04. The number of carbonyl (C=O) groups is 2. The number of methoxy groups -OCH3 is 1. The molecule has 0 aromatic rings. The van der Waals surface area contributed by atoms with Gasteiger partial charge in [-0.15, -0.1) is 0 Å². The smallest absolute Gasteiger partial charge is 0.309 e. The lowest BCUT2D eigenvalue weighted by atomic mass is 10.2. The molecule has 3 heteroatoms. The molecule has 0 aromatic carbocycles. The van der Waals surface area contributed by atoms with Crippen LogP contribution in [0.25, 0.3) is 0 Å². The molecule has 1 aliphatic carbocycles.